The largest absolute Gasteiger partial charge is 0.338 e. The number of fused-ring (bicyclic) bond motifs is 2. The molecule has 0 atom stereocenters. The van der Waals surface area contributed by atoms with Gasteiger partial charge in [0.2, 0.25) is 0 Å². The molecule has 3 nitrogen and oxygen atoms in total. The fourth-order valence-corrected chi connectivity index (χ4v) is 2.88. The summed E-state index contributed by atoms with van der Waals surface area (Å²) in [7, 11) is 0. The molecule has 20 heavy (non-hydrogen) atoms. The zero-order valence-electron chi connectivity index (χ0n) is 10.9. The van der Waals surface area contributed by atoms with Crippen LogP contribution in [-0.2, 0) is 13.0 Å². The average molecular weight is 267 g/mol. The van der Waals surface area contributed by atoms with Gasteiger partial charge in [-0.05, 0) is 36.2 Å². The maximum Gasteiger partial charge on any atom is 0.151 e. The molecule has 0 bridgehead atoms. The molecule has 1 aliphatic heterocycles. The lowest BCUT2D eigenvalue weighted by Gasteiger charge is -2.19. The standard InChI is InChI=1S/C16H14FN3/c17-13-5-2-6-14-15(13)20-16(19-14)12-4-1-3-10-9-18-8-7-11(10)12/h1-6,18H,7-9H2,(H,19,20). The van der Waals surface area contributed by atoms with Gasteiger partial charge in [-0.15, -0.1) is 0 Å². The molecule has 4 heteroatoms. The Kier molecular flexibility index (Phi) is 2.57. The Morgan fingerprint density at radius 3 is 2.90 bits per heavy atom. The van der Waals surface area contributed by atoms with Gasteiger partial charge in [0.1, 0.15) is 11.3 Å². The molecule has 100 valence electrons. The van der Waals surface area contributed by atoms with Gasteiger partial charge < -0.3 is 10.3 Å². The van der Waals surface area contributed by atoms with E-state index in [-0.39, 0.29) is 5.82 Å². The second-order valence-corrected chi connectivity index (χ2v) is 5.09. The Morgan fingerprint density at radius 2 is 2.00 bits per heavy atom. The molecule has 1 aliphatic rings. The molecule has 2 aromatic carbocycles. The number of H-pyrrole nitrogens is 1. The quantitative estimate of drug-likeness (QED) is 0.711. The number of nitrogens with zero attached hydrogens (tertiary/aromatic N) is 1. The van der Waals surface area contributed by atoms with E-state index in [1.807, 2.05) is 12.1 Å². The van der Waals surface area contributed by atoms with E-state index in [1.54, 1.807) is 6.07 Å². The predicted molar refractivity (Wildman–Crippen MR) is 76.9 cm³/mol. The van der Waals surface area contributed by atoms with Gasteiger partial charge in [-0.3, -0.25) is 0 Å². The zero-order chi connectivity index (χ0) is 13.5. The van der Waals surface area contributed by atoms with Crippen molar-refractivity contribution in [2.45, 2.75) is 13.0 Å². The molecular formula is C16H14FN3. The summed E-state index contributed by atoms with van der Waals surface area (Å²) >= 11 is 0. The second kappa shape index (κ2) is 4.42. The molecule has 2 N–H and O–H groups in total. The highest BCUT2D eigenvalue weighted by atomic mass is 19.1. The van der Waals surface area contributed by atoms with Gasteiger partial charge >= 0.3 is 0 Å². The monoisotopic (exact) mass is 267 g/mol. The van der Waals surface area contributed by atoms with Crippen LogP contribution in [-0.4, -0.2) is 16.5 Å². The summed E-state index contributed by atoms with van der Waals surface area (Å²) in [6, 6.07) is 11.2. The van der Waals surface area contributed by atoms with E-state index < -0.39 is 0 Å². The molecule has 3 aromatic rings. The first-order valence-corrected chi connectivity index (χ1v) is 6.79. The van der Waals surface area contributed by atoms with Crippen LogP contribution in [0.2, 0.25) is 0 Å². The summed E-state index contributed by atoms with van der Waals surface area (Å²) < 4.78 is 13.8. The third-order valence-electron chi connectivity index (χ3n) is 3.86. The minimum Gasteiger partial charge on any atom is -0.338 e. The minimum absolute atomic E-state index is 0.281. The van der Waals surface area contributed by atoms with Gasteiger partial charge in [-0.1, -0.05) is 24.3 Å². The van der Waals surface area contributed by atoms with Gasteiger partial charge in [-0.2, -0.15) is 0 Å². The van der Waals surface area contributed by atoms with Crippen LogP contribution in [0.3, 0.4) is 0 Å². The van der Waals surface area contributed by atoms with Crippen LogP contribution in [0.15, 0.2) is 36.4 Å². The van der Waals surface area contributed by atoms with E-state index in [2.05, 4.69) is 27.4 Å². The summed E-state index contributed by atoms with van der Waals surface area (Å²) in [6.07, 6.45) is 0.977. The van der Waals surface area contributed by atoms with Crippen LogP contribution in [0.5, 0.6) is 0 Å². The van der Waals surface area contributed by atoms with E-state index in [1.165, 1.54) is 17.2 Å². The average Bonchev–Trinajstić information content (AvgIpc) is 2.92. The summed E-state index contributed by atoms with van der Waals surface area (Å²) in [4.78, 5) is 7.67. The van der Waals surface area contributed by atoms with Crippen molar-refractivity contribution in [3.05, 3.63) is 53.3 Å². The van der Waals surface area contributed by atoms with Gasteiger partial charge in [0.05, 0.1) is 5.52 Å². The van der Waals surface area contributed by atoms with Crippen molar-refractivity contribution in [3.8, 4) is 11.4 Å². The van der Waals surface area contributed by atoms with Crippen LogP contribution < -0.4 is 5.32 Å². The van der Waals surface area contributed by atoms with E-state index in [9.17, 15) is 4.39 Å². The molecule has 4 rings (SSSR count). The highest BCUT2D eigenvalue weighted by Crippen LogP contribution is 2.28. The van der Waals surface area contributed by atoms with E-state index >= 15 is 0 Å². The molecular weight excluding hydrogens is 253 g/mol. The lowest BCUT2D eigenvalue weighted by molar-refractivity contribution is 0.637. The number of halogens is 1. The van der Waals surface area contributed by atoms with Crippen molar-refractivity contribution in [2.75, 3.05) is 6.54 Å². The first-order chi connectivity index (χ1) is 9.83. The number of imidazole rings is 1. The van der Waals surface area contributed by atoms with E-state index in [4.69, 9.17) is 0 Å². The minimum atomic E-state index is -0.281. The smallest absolute Gasteiger partial charge is 0.151 e. The third kappa shape index (κ3) is 1.72. The highest BCUT2D eigenvalue weighted by molar-refractivity contribution is 5.80. The van der Waals surface area contributed by atoms with Crippen molar-refractivity contribution < 1.29 is 4.39 Å². The van der Waals surface area contributed by atoms with Crippen molar-refractivity contribution in [2.24, 2.45) is 0 Å². The molecule has 1 aromatic heterocycles. The SMILES string of the molecule is Fc1cccc2[nH]c(-c3cccc4c3CCNC4)nc12. The van der Waals surface area contributed by atoms with Crippen molar-refractivity contribution in [1.82, 2.24) is 15.3 Å². The van der Waals surface area contributed by atoms with Gasteiger partial charge in [0.25, 0.3) is 0 Å². The first kappa shape index (κ1) is 11.6. The van der Waals surface area contributed by atoms with Crippen LogP contribution >= 0.6 is 0 Å². The maximum absolute atomic E-state index is 13.8. The number of rotatable bonds is 1. The van der Waals surface area contributed by atoms with Crippen LogP contribution in [0.4, 0.5) is 4.39 Å². The number of para-hydroxylation sites is 1. The number of hydrogen-bond acceptors (Lipinski definition) is 2. The topological polar surface area (TPSA) is 40.7 Å². The van der Waals surface area contributed by atoms with E-state index in [0.29, 0.717) is 5.52 Å². The highest BCUT2D eigenvalue weighted by Gasteiger charge is 2.16. The van der Waals surface area contributed by atoms with Gasteiger partial charge in [-0.25, -0.2) is 9.37 Å². The normalized spacial score (nSPS) is 14.4. The number of nitrogens with one attached hydrogen (secondary N) is 2. The van der Waals surface area contributed by atoms with Crippen molar-refractivity contribution in [1.29, 1.82) is 0 Å². The second-order valence-electron chi connectivity index (χ2n) is 5.09. The Labute approximate surface area is 115 Å². The van der Waals surface area contributed by atoms with Crippen molar-refractivity contribution in [3.63, 3.8) is 0 Å². The Bertz CT molecular complexity index is 792. The Hall–Kier alpha value is -2.20. The summed E-state index contributed by atoms with van der Waals surface area (Å²) in [5.74, 6) is 0.473. The summed E-state index contributed by atoms with van der Waals surface area (Å²) in [5, 5.41) is 3.36. The first-order valence-electron chi connectivity index (χ1n) is 6.79. The molecule has 0 radical (unpaired) electrons. The zero-order valence-corrected chi connectivity index (χ0v) is 10.9. The number of aromatic amines is 1. The number of benzene rings is 2. The van der Waals surface area contributed by atoms with E-state index in [0.717, 1.165) is 36.4 Å². The van der Waals surface area contributed by atoms with Crippen molar-refractivity contribution >= 4 is 11.0 Å². The van der Waals surface area contributed by atoms with Crippen LogP contribution in [0.25, 0.3) is 22.4 Å². The molecule has 0 aliphatic carbocycles. The Balaban J connectivity index is 1.93. The molecule has 0 spiro atoms. The number of hydrogen-bond donors (Lipinski definition) is 2. The fourth-order valence-electron chi connectivity index (χ4n) is 2.88. The number of aromatic nitrogens is 2. The predicted octanol–water partition coefficient (Wildman–Crippen LogP) is 3.01. The summed E-state index contributed by atoms with van der Waals surface area (Å²) in [5.41, 5.74) is 4.85. The van der Waals surface area contributed by atoms with Crippen LogP contribution in [0.1, 0.15) is 11.1 Å². The molecule has 2 heterocycles. The summed E-state index contributed by atoms with van der Waals surface area (Å²) in [6.45, 7) is 1.86. The molecule has 0 saturated heterocycles. The fraction of sp³-hybridized carbons (Fsp3) is 0.188. The van der Waals surface area contributed by atoms with Crippen LogP contribution in [0, 0.1) is 5.82 Å². The molecule has 0 amide bonds. The third-order valence-corrected chi connectivity index (χ3v) is 3.86. The lowest BCUT2D eigenvalue weighted by atomic mass is 9.95. The molecule has 0 unspecified atom stereocenters. The maximum atomic E-state index is 13.8. The van der Waals surface area contributed by atoms with Gasteiger partial charge in [0.15, 0.2) is 5.82 Å². The van der Waals surface area contributed by atoms with Gasteiger partial charge in [0, 0.05) is 12.1 Å². The molecule has 0 fully saturated rings. The molecule has 0 saturated carbocycles. The lowest BCUT2D eigenvalue weighted by Crippen LogP contribution is -2.24. The Morgan fingerprint density at radius 1 is 1.10 bits per heavy atom.